The topological polar surface area (TPSA) is 77.5 Å². The quantitative estimate of drug-likeness (QED) is 0.625. The van der Waals surface area contributed by atoms with E-state index in [2.05, 4.69) is 15.0 Å². The number of esters is 1. The molecule has 0 aliphatic carbocycles. The summed E-state index contributed by atoms with van der Waals surface area (Å²) in [5.41, 5.74) is 1.40. The van der Waals surface area contributed by atoms with E-state index in [1.54, 1.807) is 19.2 Å². The van der Waals surface area contributed by atoms with Gasteiger partial charge in [-0.2, -0.15) is 0 Å². The molecule has 0 aliphatic rings. The van der Waals surface area contributed by atoms with E-state index < -0.39 is 5.97 Å². The Morgan fingerprint density at radius 3 is 2.38 bits per heavy atom. The van der Waals surface area contributed by atoms with Crippen molar-refractivity contribution < 1.29 is 19.1 Å². The van der Waals surface area contributed by atoms with Crippen LogP contribution < -0.4 is 10.1 Å². The summed E-state index contributed by atoms with van der Waals surface area (Å²) in [6, 6.07) is 10.4. The monoisotopic (exact) mass is 408 g/mol. The number of nitrogens with one attached hydrogen (secondary N) is 1. The minimum Gasteiger partial charge on any atom is -0.497 e. The average Bonchev–Trinajstić information content (AvgIpc) is 3.28. The number of halogens is 1. The Hall–Kier alpha value is -2.42. The number of rotatable bonds is 5. The molecule has 3 aromatic rings. The van der Waals surface area contributed by atoms with Gasteiger partial charge in [0.05, 0.1) is 19.1 Å². The Balaban J connectivity index is 1.77. The van der Waals surface area contributed by atoms with E-state index in [0.717, 1.165) is 34.0 Å². The number of thiophene rings is 1. The average molecular weight is 409 g/mol. The van der Waals surface area contributed by atoms with Crippen molar-refractivity contribution in [3.8, 4) is 17.0 Å². The van der Waals surface area contributed by atoms with Crippen LogP contribution in [0, 0.1) is 0 Å². The number of carbonyl (C=O) groups excluding carboxylic acids is 2. The lowest BCUT2D eigenvalue weighted by atomic mass is 10.2. The van der Waals surface area contributed by atoms with Crippen molar-refractivity contribution in [1.82, 2.24) is 4.98 Å². The zero-order valence-electron chi connectivity index (χ0n) is 13.7. The highest BCUT2D eigenvalue weighted by Crippen LogP contribution is 2.36. The molecule has 0 bridgehead atoms. The number of amides is 1. The number of nitrogens with zero attached hydrogens (tertiary/aromatic N) is 1. The molecule has 0 spiro atoms. The standard InChI is InChI=1S/C17H13ClN2O4S2/c1-23-10-5-3-9(4-6-10)13-14(18)26-17(19-13)20-15(21)11-7-8-12(25-11)16(22)24-2/h3-8H,1-2H3,(H,19,20,21). The predicted molar refractivity (Wildman–Crippen MR) is 103 cm³/mol. The van der Waals surface area contributed by atoms with Gasteiger partial charge in [-0.05, 0) is 36.4 Å². The maximum absolute atomic E-state index is 12.3. The van der Waals surface area contributed by atoms with Gasteiger partial charge in [-0.25, -0.2) is 9.78 Å². The molecule has 1 amide bonds. The van der Waals surface area contributed by atoms with Gasteiger partial charge in [0.15, 0.2) is 5.13 Å². The van der Waals surface area contributed by atoms with Crippen LogP contribution in [-0.2, 0) is 4.74 Å². The van der Waals surface area contributed by atoms with Gasteiger partial charge in [-0.3, -0.25) is 10.1 Å². The van der Waals surface area contributed by atoms with Crippen LogP contribution in [0.2, 0.25) is 4.34 Å². The molecule has 1 N–H and O–H groups in total. The second kappa shape index (κ2) is 7.86. The fourth-order valence-electron chi connectivity index (χ4n) is 2.11. The molecule has 3 rings (SSSR count). The van der Waals surface area contributed by atoms with Crippen LogP contribution >= 0.6 is 34.3 Å². The lowest BCUT2D eigenvalue weighted by Crippen LogP contribution is -2.09. The molecule has 0 saturated heterocycles. The first-order valence-corrected chi connectivity index (χ1v) is 9.33. The molecule has 1 aromatic carbocycles. The molecule has 0 aliphatic heterocycles. The van der Waals surface area contributed by atoms with Crippen LogP contribution in [0.1, 0.15) is 19.3 Å². The number of ether oxygens (including phenoxy) is 2. The predicted octanol–water partition coefficient (Wildman–Crippen LogP) is 4.57. The van der Waals surface area contributed by atoms with Crippen molar-refractivity contribution in [1.29, 1.82) is 0 Å². The Labute approximate surface area is 162 Å². The largest absolute Gasteiger partial charge is 0.497 e. The first kappa shape index (κ1) is 18.4. The Morgan fingerprint density at radius 2 is 1.73 bits per heavy atom. The first-order valence-electron chi connectivity index (χ1n) is 7.32. The summed E-state index contributed by atoms with van der Waals surface area (Å²) in [6.07, 6.45) is 0. The fraction of sp³-hybridized carbons (Fsp3) is 0.118. The first-order chi connectivity index (χ1) is 12.5. The van der Waals surface area contributed by atoms with E-state index in [1.165, 1.54) is 7.11 Å². The van der Waals surface area contributed by atoms with Crippen LogP contribution in [0.4, 0.5) is 5.13 Å². The minimum atomic E-state index is -0.479. The molecule has 134 valence electrons. The molecule has 2 heterocycles. The number of methoxy groups -OCH3 is 2. The summed E-state index contributed by atoms with van der Waals surface area (Å²) < 4.78 is 10.2. The molecular formula is C17H13ClN2O4S2. The third-order valence-corrected chi connectivity index (χ3v) is 5.62. The minimum absolute atomic E-state index is 0.355. The number of hydrogen-bond acceptors (Lipinski definition) is 7. The molecule has 0 saturated carbocycles. The van der Waals surface area contributed by atoms with Crippen LogP contribution in [0.15, 0.2) is 36.4 Å². The second-order valence-corrected chi connectivity index (χ2v) is 7.66. The summed E-state index contributed by atoms with van der Waals surface area (Å²) in [5, 5.41) is 3.07. The van der Waals surface area contributed by atoms with Crippen molar-refractivity contribution >= 4 is 51.3 Å². The highest BCUT2D eigenvalue weighted by Gasteiger charge is 2.17. The summed E-state index contributed by atoms with van der Waals surface area (Å²) in [4.78, 5) is 28.9. The van der Waals surface area contributed by atoms with Crippen LogP contribution in [0.3, 0.4) is 0 Å². The summed E-state index contributed by atoms with van der Waals surface area (Å²) in [6.45, 7) is 0. The van der Waals surface area contributed by atoms with Gasteiger partial charge in [0.25, 0.3) is 5.91 Å². The van der Waals surface area contributed by atoms with Crippen LogP contribution in [-0.4, -0.2) is 31.1 Å². The Bertz CT molecular complexity index is 950. The van der Waals surface area contributed by atoms with Gasteiger partial charge in [-0.15, -0.1) is 11.3 Å². The molecule has 2 aromatic heterocycles. The third-order valence-electron chi connectivity index (χ3n) is 3.39. The van der Waals surface area contributed by atoms with Gasteiger partial charge in [-0.1, -0.05) is 22.9 Å². The molecule has 0 atom stereocenters. The SMILES string of the molecule is COC(=O)c1ccc(C(=O)Nc2nc(-c3ccc(OC)cc3)c(Cl)s2)s1. The smallest absolute Gasteiger partial charge is 0.348 e. The molecule has 0 unspecified atom stereocenters. The Morgan fingerprint density at radius 1 is 1.04 bits per heavy atom. The molecule has 0 fully saturated rings. The van der Waals surface area contributed by atoms with E-state index >= 15 is 0 Å². The lowest BCUT2D eigenvalue weighted by Gasteiger charge is -2.01. The van der Waals surface area contributed by atoms with Gasteiger partial charge in [0.1, 0.15) is 20.7 Å². The second-order valence-electron chi connectivity index (χ2n) is 4.98. The number of thiazole rings is 1. The number of benzene rings is 1. The zero-order valence-corrected chi connectivity index (χ0v) is 16.1. The molecule has 6 nitrogen and oxygen atoms in total. The molecule has 0 radical (unpaired) electrons. The maximum atomic E-state index is 12.3. The van der Waals surface area contributed by atoms with Crippen LogP contribution in [0.25, 0.3) is 11.3 Å². The summed E-state index contributed by atoms with van der Waals surface area (Å²) in [7, 11) is 2.88. The van der Waals surface area contributed by atoms with Gasteiger partial charge in [0, 0.05) is 5.56 Å². The number of carbonyl (C=O) groups is 2. The summed E-state index contributed by atoms with van der Waals surface area (Å²) >= 11 is 8.47. The fourth-order valence-corrected chi connectivity index (χ4v) is 4.01. The highest BCUT2D eigenvalue weighted by atomic mass is 35.5. The third kappa shape index (κ3) is 3.87. The molecular weight excluding hydrogens is 396 g/mol. The molecule has 9 heteroatoms. The number of aromatic nitrogens is 1. The van der Waals surface area contributed by atoms with Crippen molar-refractivity contribution in [2.24, 2.45) is 0 Å². The van der Waals surface area contributed by atoms with Crippen molar-refractivity contribution in [3.05, 3.63) is 50.5 Å². The van der Waals surface area contributed by atoms with E-state index in [0.29, 0.717) is 24.9 Å². The van der Waals surface area contributed by atoms with Crippen molar-refractivity contribution in [2.45, 2.75) is 0 Å². The van der Waals surface area contributed by atoms with Crippen LogP contribution in [0.5, 0.6) is 5.75 Å². The van der Waals surface area contributed by atoms with Gasteiger partial charge >= 0.3 is 5.97 Å². The van der Waals surface area contributed by atoms with Crippen molar-refractivity contribution in [3.63, 3.8) is 0 Å². The maximum Gasteiger partial charge on any atom is 0.348 e. The summed E-state index contributed by atoms with van der Waals surface area (Å²) in [5.74, 6) is -0.113. The van der Waals surface area contributed by atoms with Gasteiger partial charge in [0.2, 0.25) is 0 Å². The van der Waals surface area contributed by atoms with Gasteiger partial charge < -0.3 is 9.47 Å². The highest BCUT2D eigenvalue weighted by molar-refractivity contribution is 7.20. The van der Waals surface area contributed by atoms with E-state index in [4.69, 9.17) is 16.3 Å². The number of hydrogen-bond donors (Lipinski definition) is 1. The van der Waals surface area contributed by atoms with E-state index in [1.807, 2.05) is 24.3 Å². The van der Waals surface area contributed by atoms with E-state index in [9.17, 15) is 9.59 Å². The zero-order chi connectivity index (χ0) is 18.7. The number of anilines is 1. The molecule has 26 heavy (non-hydrogen) atoms. The normalized spacial score (nSPS) is 10.4. The lowest BCUT2D eigenvalue weighted by molar-refractivity contribution is 0.0606. The van der Waals surface area contributed by atoms with Crippen molar-refractivity contribution in [2.75, 3.05) is 19.5 Å². The van der Waals surface area contributed by atoms with E-state index in [-0.39, 0.29) is 5.91 Å². The Kier molecular flexibility index (Phi) is 5.55.